The first-order valence-corrected chi connectivity index (χ1v) is 7.83. The van der Waals surface area contributed by atoms with Crippen LogP contribution in [0, 0.1) is 0 Å². The van der Waals surface area contributed by atoms with Crippen LogP contribution in [0.4, 0.5) is 0 Å². The van der Waals surface area contributed by atoms with Crippen LogP contribution in [-0.4, -0.2) is 18.3 Å². The van der Waals surface area contributed by atoms with Crippen molar-refractivity contribution in [2.75, 3.05) is 13.4 Å². The molecule has 0 aliphatic carbocycles. The standard InChI is InChI=1S/C16H14ClNOS/c1-19-12-6-3-10(4-7-12)15-13-9-11(17)5-8-14(13)18-16(15)20-2/h3-9,18H,1-2H3. The average molecular weight is 304 g/mol. The van der Waals surface area contributed by atoms with Crippen molar-refractivity contribution in [1.82, 2.24) is 4.98 Å². The molecule has 3 aromatic rings. The van der Waals surface area contributed by atoms with Crippen LogP contribution < -0.4 is 4.74 Å². The molecule has 0 aliphatic rings. The molecule has 4 heteroatoms. The molecule has 0 amide bonds. The van der Waals surface area contributed by atoms with Crippen molar-refractivity contribution in [2.24, 2.45) is 0 Å². The van der Waals surface area contributed by atoms with E-state index in [0.29, 0.717) is 0 Å². The van der Waals surface area contributed by atoms with E-state index >= 15 is 0 Å². The van der Waals surface area contributed by atoms with Gasteiger partial charge in [0.15, 0.2) is 0 Å². The number of H-pyrrole nitrogens is 1. The van der Waals surface area contributed by atoms with Crippen molar-refractivity contribution in [3.05, 3.63) is 47.5 Å². The number of thioether (sulfide) groups is 1. The Labute approximate surface area is 127 Å². The predicted molar refractivity (Wildman–Crippen MR) is 87.1 cm³/mol. The molecule has 0 saturated carbocycles. The first kappa shape index (κ1) is 13.4. The molecule has 1 N–H and O–H groups in total. The summed E-state index contributed by atoms with van der Waals surface area (Å²) in [5, 5.41) is 3.04. The Morgan fingerprint density at radius 2 is 1.85 bits per heavy atom. The maximum atomic E-state index is 6.14. The van der Waals surface area contributed by atoms with E-state index in [0.717, 1.165) is 32.3 Å². The third-order valence-electron chi connectivity index (χ3n) is 3.31. The van der Waals surface area contributed by atoms with Crippen LogP contribution in [0.15, 0.2) is 47.5 Å². The van der Waals surface area contributed by atoms with Crippen LogP contribution in [0.5, 0.6) is 5.75 Å². The molecule has 0 fully saturated rings. The zero-order valence-corrected chi connectivity index (χ0v) is 12.8. The summed E-state index contributed by atoms with van der Waals surface area (Å²) in [6.07, 6.45) is 2.07. The Hall–Kier alpha value is -1.58. The van der Waals surface area contributed by atoms with Gasteiger partial charge in [-0.05, 0) is 42.2 Å². The molecule has 0 spiro atoms. The molecular weight excluding hydrogens is 290 g/mol. The van der Waals surface area contributed by atoms with Gasteiger partial charge < -0.3 is 9.72 Å². The average Bonchev–Trinajstić information content (AvgIpc) is 2.85. The number of benzene rings is 2. The third kappa shape index (κ3) is 2.28. The largest absolute Gasteiger partial charge is 0.497 e. The fraction of sp³-hybridized carbons (Fsp3) is 0.125. The topological polar surface area (TPSA) is 25.0 Å². The second-order valence-electron chi connectivity index (χ2n) is 4.45. The van der Waals surface area contributed by atoms with Gasteiger partial charge in [0.1, 0.15) is 5.75 Å². The number of aromatic nitrogens is 1. The fourth-order valence-electron chi connectivity index (χ4n) is 2.34. The number of ether oxygens (including phenoxy) is 1. The number of hydrogen-bond acceptors (Lipinski definition) is 2. The number of halogens is 1. The van der Waals surface area contributed by atoms with E-state index in [9.17, 15) is 0 Å². The minimum Gasteiger partial charge on any atom is -0.497 e. The summed E-state index contributed by atoms with van der Waals surface area (Å²) >= 11 is 7.84. The zero-order valence-electron chi connectivity index (χ0n) is 11.2. The molecule has 0 radical (unpaired) electrons. The maximum absolute atomic E-state index is 6.14. The van der Waals surface area contributed by atoms with Gasteiger partial charge in [-0.3, -0.25) is 0 Å². The minimum atomic E-state index is 0.749. The first-order chi connectivity index (χ1) is 9.72. The zero-order chi connectivity index (χ0) is 14.1. The Morgan fingerprint density at radius 1 is 1.10 bits per heavy atom. The van der Waals surface area contributed by atoms with E-state index in [4.69, 9.17) is 16.3 Å². The van der Waals surface area contributed by atoms with Crippen molar-refractivity contribution in [2.45, 2.75) is 5.03 Å². The van der Waals surface area contributed by atoms with Gasteiger partial charge >= 0.3 is 0 Å². The van der Waals surface area contributed by atoms with E-state index in [1.807, 2.05) is 30.3 Å². The first-order valence-electron chi connectivity index (χ1n) is 6.22. The Balaban J connectivity index is 2.24. The fourth-order valence-corrected chi connectivity index (χ4v) is 3.15. The second-order valence-corrected chi connectivity index (χ2v) is 5.70. The molecule has 20 heavy (non-hydrogen) atoms. The number of aromatic amines is 1. The van der Waals surface area contributed by atoms with Gasteiger partial charge in [0.2, 0.25) is 0 Å². The normalized spacial score (nSPS) is 10.9. The van der Waals surface area contributed by atoms with E-state index in [2.05, 4.69) is 23.4 Å². The molecule has 0 aliphatic heterocycles. The molecule has 0 bridgehead atoms. The molecule has 102 valence electrons. The van der Waals surface area contributed by atoms with E-state index < -0.39 is 0 Å². The lowest BCUT2D eigenvalue weighted by Gasteiger charge is -2.05. The summed E-state index contributed by atoms with van der Waals surface area (Å²) in [6, 6.07) is 14.0. The predicted octanol–water partition coefficient (Wildman–Crippen LogP) is 5.22. The molecule has 2 nitrogen and oxygen atoms in total. The monoisotopic (exact) mass is 303 g/mol. The number of nitrogens with one attached hydrogen (secondary N) is 1. The SMILES string of the molecule is COc1ccc(-c2c(SC)[nH]c3ccc(Cl)cc23)cc1. The molecule has 1 aromatic heterocycles. The van der Waals surface area contributed by atoms with E-state index in [1.54, 1.807) is 18.9 Å². The molecular formula is C16H14ClNOS. The number of methoxy groups -OCH3 is 1. The highest BCUT2D eigenvalue weighted by Gasteiger charge is 2.13. The van der Waals surface area contributed by atoms with Gasteiger partial charge in [-0.1, -0.05) is 23.7 Å². The summed E-state index contributed by atoms with van der Waals surface area (Å²) in [7, 11) is 1.67. The van der Waals surface area contributed by atoms with Gasteiger partial charge in [0.25, 0.3) is 0 Å². The van der Waals surface area contributed by atoms with Crippen molar-refractivity contribution in [1.29, 1.82) is 0 Å². The van der Waals surface area contributed by atoms with Gasteiger partial charge in [-0.15, -0.1) is 11.8 Å². The Morgan fingerprint density at radius 3 is 2.50 bits per heavy atom. The van der Waals surface area contributed by atoms with Crippen LogP contribution in [0.1, 0.15) is 0 Å². The molecule has 0 atom stereocenters. The summed E-state index contributed by atoms with van der Waals surface area (Å²) in [5.41, 5.74) is 3.45. The number of fused-ring (bicyclic) bond motifs is 1. The third-order valence-corrected chi connectivity index (χ3v) is 4.26. The van der Waals surface area contributed by atoms with Crippen LogP contribution in [0.3, 0.4) is 0 Å². The minimum absolute atomic E-state index is 0.749. The molecule has 0 unspecified atom stereocenters. The smallest absolute Gasteiger partial charge is 0.118 e. The summed E-state index contributed by atoms with van der Waals surface area (Å²) in [5.74, 6) is 0.859. The van der Waals surface area contributed by atoms with Gasteiger partial charge in [0, 0.05) is 21.5 Å². The Kier molecular flexibility index (Phi) is 3.64. The van der Waals surface area contributed by atoms with Crippen LogP contribution in [-0.2, 0) is 0 Å². The number of hydrogen-bond donors (Lipinski definition) is 1. The van der Waals surface area contributed by atoms with Crippen molar-refractivity contribution in [3.8, 4) is 16.9 Å². The lowest BCUT2D eigenvalue weighted by atomic mass is 10.0. The lowest BCUT2D eigenvalue weighted by Crippen LogP contribution is -1.83. The second kappa shape index (κ2) is 5.43. The highest BCUT2D eigenvalue weighted by molar-refractivity contribution is 7.98. The van der Waals surface area contributed by atoms with Gasteiger partial charge in [-0.25, -0.2) is 0 Å². The van der Waals surface area contributed by atoms with Crippen LogP contribution in [0.25, 0.3) is 22.0 Å². The summed E-state index contributed by atoms with van der Waals surface area (Å²) in [6.45, 7) is 0. The van der Waals surface area contributed by atoms with Gasteiger partial charge in [-0.2, -0.15) is 0 Å². The van der Waals surface area contributed by atoms with Crippen molar-refractivity contribution >= 4 is 34.3 Å². The van der Waals surface area contributed by atoms with E-state index in [1.165, 1.54) is 5.56 Å². The van der Waals surface area contributed by atoms with E-state index in [-0.39, 0.29) is 0 Å². The Bertz CT molecular complexity index is 749. The quantitative estimate of drug-likeness (QED) is 0.671. The van der Waals surface area contributed by atoms with Crippen molar-refractivity contribution in [3.63, 3.8) is 0 Å². The lowest BCUT2D eigenvalue weighted by molar-refractivity contribution is 0.415. The highest BCUT2D eigenvalue weighted by Crippen LogP contribution is 2.38. The van der Waals surface area contributed by atoms with Crippen LogP contribution in [0.2, 0.25) is 5.02 Å². The molecule has 3 rings (SSSR count). The molecule has 1 heterocycles. The number of rotatable bonds is 3. The molecule has 0 saturated heterocycles. The van der Waals surface area contributed by atoms with Crippen LogP contribution >= 0.6 is 23.4 Å². The highest BCUT2D eigenvalue weighted by atomic mass is 35.5. The molecule has 2 aromatic carbocycles. The van der Waals surface area contributed by atoms with Crippen molar-refractivity contribution < 1.29 is 4.74 Å². The summed E-state index contributed by atoms with van der Waals surface area (Å²) < 4.78 is 5.22. The maximum Gasteiger partial charge on any atom is 0.118 e. The summed E-state index contributed by atoms with van der Waals surface area (Å²) in [4.78, 5) is 3.44. The van der Waals surface area contributed by atoms with Gasteiger partial charge in [0.05, 0.1) is 12.1 Å².